The van der Waals surface area contributed by atoms with Crippen LogP contribution in [0, 0.1) is 0 Å². The number of carbonyl (C=O) groups excluding carboxylic acids is 1. The fourth-order valence-electron chi connectivity index (χ4n) is 1.51. The Kier molecular flexibility index (Phi) is 2.61. The maximum Gasteiger partial charge on any atom is 0.348 e. The molecule has 1 aliphatic rings. The largest absolute Gasteiger partial charge is 0.463 e. The Morgan fingerprint density at radius 1 is 1.33 bits per heavy atom. The Morgan fingerprint density at radius 3 is 2.60 bits per heavy atom. The van der Waals surface area contributed by atoms with Crippen LogP contribution in [0.25, 0.3) is 0 Å². The van der Waals surface area contributed by atoms with E-state index in [1.807, 2.05) is 0 Å². The highest BCUT2D eigenvalue weighted by atomic mass is 35.5. The number of esters is 1. The van der Waals surface area contributed by atoms with Crippen LogP contribution in [0.5, 0.6) is 0 Å². The van der Waals surface area contributed by atoms with Gasteiger partial charge in [0.25, 0.3) is 0 Å². The SMILES string of the molecule is O=C1OCCC1(F)c1ccc(Cl)c(Cl)c1. The predicted octanol–water partition coefficient (Wildman–Crippen LogP) is 3.11. The van der Waals surface area contributed by atoms with Crippen molar-refractivity contribution in [2.75, 3.05) is 6.61 Å². The minimum atomic E-state index is -2.08. The first-order valence-corrected chi connectivity index (χ1v) is 5.11. The molecule has 2 rings (SSSR count). The highest BCUT2D eigenvalue weighted by Gasteiger charge is 2.46. The van der Waals surface area contributed by atoms with Gasteiger partial charge < -0.3 is 4.74 Å². The third kappa shape index (κ3) is 1.70. The topological polar surface area (TPSA) is 26.3 Å². The molecule has 1 atom stereocenters. The lowest BCUT2D eigenvalue weighted by atomic mass is 9.94. The van der Waals surface area contributed by atoms with Gasteiger partial charge in [-0.25, -0.2) is 9.18 Å². The van der Waals surface area contributed by atoms with Crippen LogP contribution in [-0.4, -0.2) is 12.6 Å². The molecule has 0 radical (unpaired) electrons. The molecule has 1 aromatic rings. The van der Waals surface area contributed by atoms with Crippen LogP contribution >= 0.6 is 23.2 Å². The Labute approximate surface area is 95.9 Å². The molecule has 0 aliphatic carbocycles. The van der Waals surface area contributed by atoms with Gasteiger partial charge in [-0.15, -0.1) is 0 Å². The summed E-state index contributed by atoms with van der Waals surface area (Å²) in [4.78, 5) is 11.2. The summed E-state index contributed by atoms with van der Waals surface area (Å²) in [7, 11) is 0. The van der Waals surface area contributed by atoms with E-state index in [0.29, 0.717) is 5.02 Å². The number of hydrogen-bond donors (Lipinski definition) is 0. The molecule has 5 heteroatoms. The molecular weight excluding hydrogens is 242 g/mol. The van der Waals surface area contributed by atoms with Gasteiger partial charge in [0.05, 0.1) is 16.7 Å². The fraction of sp³-hybridized carbons (Fsp3) is 0.300. The summed E-state index contributed by atoms with van der Waals surface area (Å²) >= 11 is 11.4. The lowest BCUT2D eigenvalue weighted by molar-refractivity contribution is -0.148. The van der Waals surface area contributed by atoms with E-state index >= 15 is 0 Å². The molecule has 2 nitrogen and oxygen atoms in total. The highest BCUT2D eigenvalue weighted by Crippen LogP contribution is 2.38. The number of halogens is 3. The van der Waals surface area contributed by atoms with Crippen LogP contribution in [0.2, 0.25) is 10.0 Å². The van der Waals surface area contributed by atoms with Gasteiger partial charge >= 0.3 is 5.97 Å². The van der Waals surface area contributed by atoms with E-state index in [2.05, 4.69) is 4.74 Å². The molecule has 0 saturated carbocycles. The molecule has 15 heavy (non-hydrogen) atoms. The minimum Gasteiger partial charge on any atom is -0.463 e. The second kappa shape index (κ2) is 3.65. The van der Waals surface area contributed by atoms with E-state index in [-0.39, 0.29) is 23.6 Å². The lowest BCUT2D eigenvalue weighted by Crippen LogP contribution is -2.25. The van der Waals surface area contributed by atoms with Crippen molar-refractivity contribution < 1.29 is 13.9 Å². The third-order valence-electron chi connectivity index (χ3n) is 2.38. The molecule has 1 aliphatic heterocycles. The van der Waals surface area contributed by atoms with E-state index < -0.39 is 11.6 Å². The second-order valence-corrected chi connectivity index (χ2v) is 4.13. The van der Waals surface area contributed by atoms with E-state index in [9.17, 15) is 9.18 Å². The van der Waals surface area contributed by atoms with Gasteiger partial charge in [-0.05, 0) is 12.1 Å². The van der Waals surface area contributed by atoms with E-state index in [0.717, 1.165) is 0 Å². The maximum absolute atomic E-state index is 14.2. The van der Waals surface area contributed by atoms with Crippen molar-refractivity contribution in [1.29, 1.82) is 0 Å². The summed E-state index contributed by atoms with van der Waals surface area (Å²) in [5.74, 6) is -0.860. The zero-order valence-electron chi connectivity index (χ0n) is 7.60. The van der Waals surface area contributed by atoms with Crippen LogP contribution in [0.1, 0.15) is 12.0 Å². The first kappa shape index (κ1) is 10.7. The van der Waals surface area contributed by atoms with Crippen LogP contribution < -0.4 is 0 Å². The molecule has 1 aromatic carbocycles. The Bertz CT molecular complexity index is 422. The van der Waals surface area contributed by atoms with Crippen molar-refractivity contribution >= 4 is 29.2 Å². The highest BCUT2D eigenvalue weighted by molar-refractivity contribution is 6.42. The number of cyclic esters (lactones) is 1. The number of rotatable bonds is 1. The molecule has 1 unspecified atom stereocenters. The van der Waals surface area contributed by atoms with Crippen molar-refractivity contribution in [2.45, 2.75) is 12.1 Å². The normalized spacial score (nSPS) is 25.4. The molecule has 0 bridgehead atoms. The number of hydrogen-bond acceptors (Lipinski definition) is 2. The molecule has 1 heterocycles. The maximum atomic E-state index is 14.2. The van der Waals surface area contributed by atoms with Gasteiger partial charge in [-0.2, -0.15) is 0 Å². The number of ether oxygens (including phenoxy) is 1. The standard InChI is InChI=1S/C10H7Cl2FO2/c11-7-2-1-6(5-8(7)12)10(13)3-4-15-9(10)14/h1-2,5H,3-4H2. The van der Waals surface area contributed by atoms with Crippen LogP contribution in [0.15, 0.2) is 18.2 Å². The smallest absolute Gasteiger partial charge is 0.348 e. The summed E-state index contributed by atoms with van der Waals surface area (Å²) < 4.78 is 18.8. The number of carbonyl (C=O) groups is 1. The summed E-state index contributed by atoms with van der Waals surface area (Å²) in [6.45, 7) is 0.0928. The molecule has 1 fully saturated rings. The second-order valence-electron chi connectivity index (χ2n) is 3.32. The van der Waals surface area contributed by atoms with Gasteiger partial charge in [0.2, 0.25) is 5.67 Å². The molecule has 1 saturated heterocycles. The fourth-order valence-corrected chi connectivity index (χ4v) is 1.80. The van der Waals surface area contributed by atoms with Crippen LogP contribution in [0.3, 0.4) is 0 Å². The minimum absolute atomic E-state index is 0.0177. The van der Waals surface area contributed by atoms with Gasteiger partial charge in [0, 0.05) is 12.0 Å². The molecule has 0 aromatic heterocycles. The quantitative estimate of drug-likeness (QED) is 0.715. The molecule has 0 N–H and O–H groups in total. The van der Waals surface area contributed by atoms with Crippen LogP contribution in [-0.2, 0) is 15.2 Å². The number of alkyl halides is 1. The van der Waals surface area contributed by atoms with Gasteiger partial charge in [0.15, 0.2) is 0 Å². The van der Waals surface area contributed by atoms with Gasteiger partial charge in [-0.3, -0.25) is 0 Å². The van der Waals surface area contributed by atoms with Crippen molar-refractivity contribution in [3.8, 4) is 0 Å². The van der Waals surface area contributed by atoms with E-state index in [1.165, 1.54) is 18.2 Å². The van der Waals surface area contributed by atoms with Crippen molar-refractivity contribution in [3.05, 3.63) is 33.8 Å². The predicted molar refractivity (Wildman–Crippen MR) is 54.8 cm³/mol. The Balaban J connectivity index is 2.45. The van der Waals surface area contributed by atoms with Crippen molar-refractivity contribution in [3.63, 3.8) is 0 Å². The average Bonchev–Trinajstić information content (AvgIpc) is 2.53. The Morgan fingerprint density at radius 2 is 2.07 bits per heavy atom. The lowest BCUT2D eigenvalue weighted by Gasteiger charge is -2.15. The summed E-state index contributed by atoms with van der Waals surface area (Å²) in [6.07, 6.45) is 0.0177. The third-order valence-corrected chi connectivity index (χ3v) is 3.12. The van der Waals surface area contributed by atoms with Gasteiger partial charge in [-0.1, -0.05) is 29.3 Å². The average molecular weight is 249 g/mol. The monoisotopic (exact) mass is 248 g/mol. The summed E-state index contributed by atoms with van der Waals surface area (Å²) in [5, 5.41) is 0.557. The first-order chi connectivity index (χ1) is 7.04. The summed E-state index contributed by atoms with van der Waals surface area (Å²) in [6, 6.07) is 4.27. The van der Waals surface area contributed by atoms with E-state index in [1.54, 1.807) is 0 Å². The molecule has 80 valence electrons. The molecule has 0 amide bonds. The summed E-state index contributed by atoms with van der Waals surface area (Å²) in [5.41, 5.74) is -1.88. The van der Waals surface area contributed by atoms with Crippen molar-refractivity contribution in [2.24, 2.45) is 0 Å². The molecule has 0 spiro atoms. The van der Waals surface area contributed by atoms with Gasteiger partial charge in [0.1, 0.15) is 0 Å². The van der Waals surface area contributed by atoms with Crippen molar-refractivity contribution in [1.82, 2.24) is 0 Å². The van der Waals surface area contributed by atoms with E-state index in [4.69, 9.17) is 23.2 Å². The van der Waals surface area contributed by atoms with Crippen LogP contribution in [0.4, 0.5) is 4.39 Å². The Hall–Kier alpha value is -0.800. The zero-order chi connectivity index (χ0) is 11.1. The number of benzene rings is 1. The first-order valence-electron chi connectivity index (χ1n) is 4.36. The zero-order valence-corrected chi connectivity index (χ0v) is 9.11. The molecular formula is C10H7Cl2FO2.